The fourth-order valence-electron chi connectivity index (χ4n) is 2.72. The van der Waals surface area contributed by atoms with E-state index >= 15 is 0 Å². The van der Waals surface area contributed by atoms with Gasteiger partial charge in [0.15, 0.2) is 0 Å². The summed E-state index contributed by atoms with van der Waals surface area (Å²) in [5, 5.41) is 29.3. The van der Waals surface area contributed by atoms with E-state index in [-0.39, 0.29) is 5.85 Å². The zero-order chi connectivity index (χ0) is 15.7. The van der Waals surface area contributed by atoms with Gasteiger partial charge in [-0.15, -0.1) is 0 Å². The van der Waals surface area contributed by atoms with Gasteiger partial charge >= 0.3 is 0 Å². The van der Waals surface area contributed by atoms with Crippen LogP contribution in [0, 0.1) is 0 Å². The molecule has 1 fully saturated rings. The highest BCUT2D eigenvalue weighted by Crippen LogP contribution is 2.33. The number of aliphatic hydroxyl groups is 3. The summed E-state index contributed by atoms with van der Waals surface area (Å²) in [5.41, 5.74) is 0. The van der Waals surface area contributed by atoms with E-state index in [4.69, 9.17) is 4.74 Å². The average Bonchev–Trinajstić information content (AvgIpc) is 2.48. The Morgan fingerprint density at radius 2 is 1.38 bits per heavy atom. The molecule has 1 aliphatic heterocycles. The van der Waals surface area contributed by atoms with Gasteiger partial charge in [0.1, 0.15) is 24.2 Å². The number of aliphatic hydroxyl groups excluding tert-OH is 3. The first-order valence-corrected chi connectivity index (χ1v) is 9.79. The van der Waals surface area contributed by atoms with Crippen LogP contribution in [0.3, 0.4) is 0 Å². The van der Waals surface area contributed by atoms with Gasteiger partial charge < -0.3 is 20.1 Å². The molecule has 0 aliphatic carbocycles. The third-order valence-corrected chi connectivity index (χ3v) is 5.75. The second-order valence-electron chi connectivity index (χ2n) is 6.16. The molecular formula is C16H33O4P. The van der Waals surface area contributed by atoms with Crippen LogP contribution in [0.5, 0.6) is 0 Å². The Bertz CT molecular complexity index is 265. The lowest BCUT2D eigenvalue weighted by atomic mass is 10.0. The van der Waals surface area contributed by atoms with Crippen molar-refractivity contribution < 1.29 is 20.1 Å². The molecule has 21 heavy (non-hydrogen) atoms. The molecular weight excluding hydrogens is 287 g/mol. The maximum absolute atomic E-state index is 9.92. The second-order valence-corrected chi connectivity index (χ2v) is 7.64. The summed E-state index contributed by atoms with van der Waals surface area (Å²) in [6, 6.07) is 0. The molecule has 0 amide bonds. The molecule has 4 nitrogen and oxygen atoms in total. The lowest BCUT2D eigenvalue weighted by Crippen LogP contribution is -2.55. The molecule has 3 N–H and O–H groups in total. The number of hydrogen-bond donors (Lipinski definition) is 3. The third-order valence-electron chi connectivity index (χ3n) is 4.23. The topological polar surface area (TPSA) is 69.9 Å². The molecule has 6 atom stereocenters. The number of unbranched alkanes of at least 4 members (excludes halogenated alkanes) is 7. The van der Waals surface area contributed by atoms with E-state index < -0.39 is 24.4 Å². The fourth-order valence-corrected chi connectivity index (χ4v) is 4.21. The Morgan fingerprint density at radius 1 is 0.810 bits per heavy atom. The van der Waals surface area contributed by atoms with E-state index in [1.54, 1.807) is 6.92 Å². The van der Waals surface area contributed by atoms with Crippen LogP contribution in [0.1, 0.15) is 65.2 Å². The number of hydrogen-bond acceptors (Lipinski definition) is 4. The van der Waals surface area contributed by atoms with Gasteiger partial charge in [0.2, 0.25) is 0 Å². The zero-order valence-electron chi connectivity index (χ0n) is 13.5. The Balaban J connectivity index is 2.04. The predicted octanol–water partition coefficient (Wildman–Crippen LogP) is 2.63. The van der Waals surface area contributed by atoms with Crippen molar-refractivity contribution in [3.05, 3.63) is 0 Å². The minimum atomic E-state index is -1.08. The number of rotatable bonds is 10. The monoisotopic (exact) mass is 320 g/mol. The van der Waals surface area contributed by atoms with Crippen LogP contribution in [0.2, 0.25) is 0 Å². The Hall–Kier alpha value is 0.270. The highest BCUT2D eigenvalue weighted by atomic mass is 31.1. The molecule has 1 saturated heterocycles. The summed E-state index contributed by atoms with van der Waals surface area (Å²) < 4.78 is 5.61. The molecule has 0 aromatic heterocycles. The van der Waals surface area contributed by atoms with Gasteiger partial charge in [-0.25, -0.2) is 0 Å². The van der Waals surface area contributed by atoms with Gasteiger partial charge in [-0.05, 0) is 19.5 Å². The summed E-state index contributed by atoms with van der Waals surface area (Å²) >= 11 is 0. The standard InChI is InChI=1S/C16H33O4P/c1-3-4-5-6-7-8-9-10-11-21-16-15(19)14(18)13(17)12(2)20-16/h12-19,21H,3-11H2,1-2H3/t12-,13?,14+,15?,16?/m1/s1. The molecule has 1 aliphatic rings. The molecule has 0 saturated carbocycles. The van der Waals surface area contributed by atoms with Crippen molar-refractivity contribution in [1.29, 1.82) is 0 Å². The normalized spacial score (nSPS) is 33.9. The van der Waals surface area contributed by atoms with Crippen LogP contribution in [-0.4, -0.2) is 51.7 Å². The third kappa shape index (κ3) is 6.92. The summed E-state index contributed by atoms with van der Waals surface area (Å²) in [6.45, 7) is 3.98. The fraction of sp³-hybridized carbons (Fsp3) is 1.00. The molecule has 0 aromatic carbocycles. The Labute approximate surface area is 131 Å². The van der Waals surface area contributed by atoms with E-state index in [9.17, 15) is 15.3 Å². The molecule has 1 rings (SSSR count). The quantitative estimate of drug-likeness (QED) is 0.427. The first-order chi connectivity index (χ1) is 10.1. The second kappa shape index (κ2) is 10.9. The van der Waals surface area contributed by atoms with Crippen molar-refractivity contribution in [3.8, 4) is 0 Å². The first kappa shape index (κ1) is 19.3. The minimum Gasteiger partial charge on any atom is -0.388 e. The van der Waals surface area contributed by atoms with E-state index in [0.717, 1.165) is 12.6 Å². The lowest BCUT2D eigenvalue weighted by Gasteiger charge is -2.39. The van der Waals surface area contributed by atoms with Crippen LogP contribution < -0.4 is 0 Å². The predicted molar refractivity (Wildman–Crippen MR) is 88.1 cm³/mol. The molecule has 126 valence electrons. The van der Waals surface area contributed by atoms with Crippen molar-refractivity contribution in [2.75, 3.05) is 6.16 Å². The molecule has 4 unspecified atom stereocenters. The van der Waals surface area contributed by atoms with Gasteiger partial charge in [0.05, 0.1) is 6.10 Å². The molecule has 0 aromatic rings. The van der Waals surface area contributed by atoms with Gasteiger partial charge in [-0.1, -0.05) is 60.5 Å². The van der Waals surface area contributed by atoms with Crippen LogP contribution in [0.15, 0.2) is 0 Å². The zero-order valence-corrected chi connectivity index (χ0v) is 14.5. The van der Waals surface area contributed by atoms with Crippen molar-refractivity contribution in [1.82, 2.24) is 0 Å². The molecule has 1 heterocycles. The van der Waals surface area contributed by atoms with E-state index in [1.807, 2.05) is 0 Å². The Kier molecular flexibility index (Phi) is 10.0. The molecule has 0 spiro atoms. The maximum atomic E-state index is 9.92. The number of ether oxygens (including phenoxy) is 1. The molecule has 5 heteroatoms. The average molecular weight is 320 g/mol. The first-order valence-electron chi connectivity index (χ1n) is 8.51. The maximum Gasteiger partial charge on any atom is 0.112 e. The minimum absolute atomic E-state index is 0.317. The van der Waals surface area contributed by atoms with Gasteiger partial charge in [0.25, 0.3) is 0 Å². The highest BCUT2D eigenvalue weighted by Gasteiger charge is 2.41. The van der Waals surface area contributed by atoms with E-state index in [1.165, 1.54) is 44.9 Å². The molecule has 0 bridgehead atoms. The van der Waals surface area contributed by atoms with Crippen molar-refractivity contribution >= 4 is 8.58 Å². The highest BCUT2D eigenvalue weighted by molar-refractivity contribution is 7.38. The van der Waals surface area contributed by atoms with Crippen molar-refractivity contribution in [2.45, 2.75) is 95.5 Å². The van der Waals surface area contributed by atoms with Crippen LogP contribution in [0.25, 0.3) is 0 Å². The van der Waals surface area contributed by atoms with Crippen LogP contribution >= 0.6 is 8.58 Å². The molecule has 0 radical (unpaired) electrons. The van der Waals surface area contributed by atoms with E-state index in [2.05, 4.69) is 6.92 Å². The van der Waals surface area contributed by atoms with E-state index in [0.29, 0.717) is 8.58 Å². The SMILES string of the molecule is CCCCCCCCCCPC1O[C@H](C)C(O)[C@H](O)C1O. The van der Waals surface area contributed by atoms with Gasteiger partial charge in [-0.3, -0.25) is 0 Å². The Morgan fingerprint density at radius 3 is 2.00 bits per heavy atom. The summed E-state index contributed by atoms with van der Waals surface area (Å²) in [7, 11) is 0.492. The van der Waals surface area contributed by atoms with Crippen LogP contribution in [0.4, 0.5) is 0 Å². The van der Waals surface area contributed by atoms with Crippen molar-refractivity contribution in [2.24, 2.45) is 0 Å². The van der Waals surface area contributed by atoms with Gasteiger partial charge in [0, 0.05) is 0 Å². The summed E-state index contributed by atoms with van der Waals surface area (Å²) in [5.74, 6) is -0.317. The van der Waals surface area contributed by atoms with Gasteiger partial charge in [-0.2, -0.15) is 0 Å². The smallest absolute Gasteiger partial charge is 0.112 e. The lowest BCUT2D eigenvalue weighted by molar-refractivity contribution is -0.193. The largest absolute Gasteiger partial charge is 0.388 e. The van der Waals surface area contributed by atoms with Crippen molar-refractivity contribution in [3.63, 3.8) is 0 Å². The summed E-state index contributed by atoms with van der Waals surface area (Å²) in [4.78, 5) is 0. The van der Waals surface area contributed by atoms with Crippen LogP contribution in [-0.2, 0) is 4.74 Å². The summed E-state index contributed by atoms with van der Waals surface area (Å²) in [6.07, 6.45) is 7.99.